The third-order valence-electron chi connectivity index (χ3n) is 2.99. The number of carbonyl (C=O) groups is 3. The maximum atomic E-state index is 11.6. The van der Waals surface area contributed by atoms with E-state index in [1.54, 1.807) is 16.9 Å². The third-order valence-corrected chi connectivity index (χ3v) is 2.99. The highest BCUT2D eigenvalue weighted by molar-refractivity contribution is 5.90. The van der Waals surface area contributed by atoms with E-state index in [2.05, 4.69) is 10.4 Å². The summed E-state index contributed by atoms with van der Waals surface area (Å²) in [4.78, 5) is 33.0. The second kappa shape index (κ2) is 8.13. The number of nitrogens with one attached hydrogen (secondary N) is 1. The number of hydrogen-bond donors (Lipinski definition) is 4. The average Bonchev–Trinajstić information content (AvgIpc) is 2.90. The molecule has 0 bridgehead atoms. The first kappa shape index (κ1) is 17.6. The predicted molar refractivity (Wildman–Crippen MR) is 73.9 cm³/mol. The van der Waals surface area contributed by atoms with Gasteiger partial charge in [-0.3, -0.25) is 14.3 Å². The fourth-order valence-electron chi connectivity index (χ4n) is 1.85. The van der Waals surface area contributed by atoms with Crippen molar-refractivity contribution in [1.29, 1.82) is 0 Å². The van der Waals surface area contributed by atoms with E-state index in [0.717, 1.165) is 6.42 Å². The topological polar surface area (TPSA) is 142 Å². The van der Waals surface area contributed by atoms with Crippen LogP contribution in [-0.2, 0) is 20.9 Å². The van der Waals surface area contributed by atoms with Crippen molar-refractivity contribution in [1.82, 2.24) is 15.1 Å². The second-order valence-electron chi connectivity index (χ2n) is 4.91. The number of amides is 1. The molecule has 1 heterocycles. The Morgan fingerprint density at radius 1 is 1.18 bits per heavy atom. The number of carboxylic acid groups (broad SMARTS) is 2. The number of aliphatic carboxylic acids is 2. The molecule has 22 heavy (non-hydrogen) atoms. The van der Waals surface area contributed by atoms with E-state index in [4.69, 9.17) is 10.2 Å². The lowest BCUT2D eigenvalue weighted by atomic mass is 9.95. The third kappa shape index (κ3) is 5.92. The van der Waals surface area contributed by atoms with Gasteiger partial charge in [-0.1, -0.05) is 0 Å². The SMILES string of the molecule is O=C(O)CC(O)(CC(=O)NCCCCn1cccn1)C(=O)O. The summed E-state index contributed by atoms with van der Waals surface area (Å²) in [6.45, 7) is 1.00. The van der Waals surface area contributed by atoms with Crippen LogP contribution in [0.4, 0.5) is 0 Å². The molecule has 122 valence electrons. The molecule has 0 spiro atoms. The van der Waals surface area contributed by atoms with Crippen molar-refractivity contribution in [3.63, 3.8) is 0 Å². The summed E-state index contributed by atoms with van der Waals surface area (Å²) < 4.78 is 1.75. The number of aliphatic hydroxyl groups is 1. The van der Waals surface area contributed by atoms with Crippen LogP contribution in [0.15, 0.2) is 18.5 Å². The van der Waals surface area contributed by atoms with Crippen LogP contribution in [0.5, 0.6) is 0 Å². The number of rotatable bonds is 10. The van der Waals surface area contributed by atoms with Crippen LogP contribution in [0.3, 0.4) is 0 Å². The zero-order valence-electron chi connectivity index (χ0n) is 11.9. The molecule has 0 aliphatic heterocycles. The van der Waals surface area contributed by atoms with Crippen molar-refractivity contribution in [3.05, 3.63) is 18.5 Å². The Labute approximate surface area is 126 Å². The van der Waals surface area contributed by atoms with Crippen molar-refractivity contribution >= 4 is 17.8 Å². The van der Waals surface area contributed by atoms with Gasteiger partial charge < -0.3 is 20.6 Å². The number of aryl methyl sites for hydroxylation is 1. The van der Waals surface area contributed by atoms with Crippen LogP contribution >= 0.6 is 0 Å². The second-order valence-corrected chi connectivity index (χ2v) is 4.91. The van der Waals surface area contributed by atoms with E-state index in [-0.39, 0.29) is 0 Å². The Balaban J connectivity index is 2.28. The van der Waals surface area contributed by atoms with Crippen LogP contribution in [-0.4, -0.2) is 55.1 Å². The first-order valence-corrected chi connectivity index (χ1v) is 6.75. The molecule has 1 aromatic rings. The summed E-state index contributed by atoms with van der Waals surface area (Å²) in [7, 11) is 0. The van der Waals surface area contributed by atoms with E-state index in [9.17, 15) is 19.5 Å². The molecule has 9 heteroatoms. The molecule has 9 nitrogen and oxygen atoms in total. The standard InChI is InChI=1S/C13H19N3O6/c17-10(8-13(22,12(20)21)9-11(18)19)14-4-1-2-6-16-7-3-5-15-16/h3,5,7,22H,1-2,4,6,8-9H2,(H,14,17)(H,18,19)(H,20,21). The molecule has 1 amide bonds. The van der Waals surface area contributed by atoms with Gasteiger partial charge in [0.05, 0.1) is 12.8 Å². The minimum absolute atomic E-state index is 0.308. The Kier molecular flexibility index (Phi) is 6.51. The molecule has 0 aliphatic carbocycles. The van der Waals surface area contributed by atoms with Crippen LogP contribution < -0.4 is 5.32 Å². The lowest BCUT2D eigenvalue weighted by Gasteiger charge is -2.20. The van der Waals surface area contributed by atoms with Gasteiger partial charge in [-0.15, -0.1) is 0 Å². The summed E-state index contributed by atoms with van der Waals surface area (Å²) >= 11 is 0. The summed E-state index contributed by atoms with van der Waals surface area (Å²) in [6, 6.07) is 1.80. The van der Waals surface area contributed by atoms with Gasteiger partial charge in [0.25, 0.3) is 0 Å². The first-order chi connectivity index (χ1) is 10.3. The normalized spacial score (nSPS) is 13.3. The highest BCUT2D eigenvalue weighted by Crippen LogP contribution is 2.16. The Hall–Kier alpha value is -2.42. The van der Waals surface area contributed by atoms with Crippen molar-refractivity contribution in [2.45, 2.75) is 37.8 Å². The summed E-state index contributed by atoms with van der Waals surface area (Å²) in [5, 5.41) is 33.6. The van der Waals surface area contributed by atoms with Gasteiger partial charge in [0, 0.05) is 25.5 Å². The maximum absolute atomic E-state index is 11.6. The monoisotopic (exact) mass is 313 g/mol. The minimum Gasteiger partial charge on any atom is -0.481 e. The lowest BCUT2D eigenvalue weighted by molar-refractivity contribution is -0.167. The number of unbranched alkanes of at least 4 members (excludes halogenated alkanes) is 1. The Morgan fingerprint density at radius 2 is 1.91 bits per heavy atom. The van der Waals surface area contributed by atoms with Crippen molar-refractivity contribution in [2.75, 3.05) is 6.54 Å². The van der Waals surface area contributed by atoms with Crippen molar-refractivity contribution in [3.8, 4) is 0 Å². The molecular weight excluding hydrogens is 294 g/mol. The molecule has 0 aliphatic rings. The molecule has 0 aromatic carbocycles. The molecule has 1 unspecified atom stereocenters. The average molecular weight is 313 g/mol. The van der Waals surface area contributed by atoms with E-state index in [1.165, 1.54) is 0 Å². The van der Waals surface area contributed by atoms with Gasteiger partial charge in [0.2, 0.25) is 5.91 Å². The van der Waals surface area contributed by atoms with E-state index in [0.29, 0.717) is 19.5 Å². The van der Waals surface area contributed by atoms with Crippen molar-refractivity contribution < 1.29 is 29.7 Å². The van der Waals surface area contributed by atoms with Gasteiger partial charge in [-0.05, 0) is 18.9 Å². The van der Waals surface area contributed by atoms with Gasteiger partial charge in [0.15, 0.2) is 5.60 Å². The zero-order valence-corrected chi connectivity index (χ0v) is 11.9. The lowest BCUT2D eigenvalue weighted by Crippen LogP contribution is -2.45. The molecule has 0 saturated heterocycles. The molecule has 0 fully saturated rings. The largest absolute Gasteiger partial charge is 0.481 e. The van der Waals surface area contributed by atoms with E-state index >= 15 is 0 Å². The Bertz CT molecular complexity index is 516. The highest BCUT2D eigenvalue weighted by Gasteiger charge is 2.40. The molecule has 1 atom stereocenters. The molecule has 1 aromatic heterocycles. The van der Waals surface area contributed by atoms with Gasteiger partial charge >= 0.3 is 11.9 Å². The predicted octanol–water partition coefficient (Wildman–Crippen LogP) is -0.540. The van der Waals surface area contributed by atoms with E-state index < -0.39 is 36.3 Å². The van der Waals surface area contributed by atoms with Crippen LogP contribution in [0, 0.1) is 0 Å². The van der Waals surface area contributed by atoms with Gasteiger partial charge in [0.1, 0.15) is 0 Å². The molecule has 0 radical (unpaired) electrons. The highest BCUT2D eigenvalue weighted by atomic mass is 16.4. The quantitative estimate of drug-likeness (QED) is 0.425. The van der Waals surface area contributed by atoms with Crippen LogP contribution in [0.25, 0.3) is 0 Å². The fourth-order valence-corrected chi connectivity index (χ4v) is 1.85. The molecular formula is C13H19N3O6. The van der Waals surface area contributed by atoms with Crippen LogP contribution in [0.1, 0.15) is 25.7 Å². The number of carbonyl (C=O) groups excluding carboxylic acids is 1. The Morgan fingerprint density at radius 3 is 2.45 bits per heavy atom. The van der Waals surface area contributed by atoms with Crippen molar-refractivity contribution in [2.24, 2.45) is 0 Å². The molecule has 4 N–H and O–H groups in total. The number of hydrogen-bond acceptors (Lipinski definition) is 5. The summed E-state index contributed by atoms with van der Waals surface area (Å²) in [5.41, 5.74) is -2.59. The number of nitrogens with zero attached hydrogens (tertiary/aromatic N) is 2. The number of carboxylic acids is 2. The van der Waals surface area contributed by atoms with E-state index in [1.807, 2.05) is 6.20 Å². The van der Waals surface area contributed by atoms with Gasteiger partial charge in [-0.2, -0.15) is 5.10 Å². The summed E-state index contributed by atoms with van der Waals surface area (Å²) in [6.07, 6.45) is 3.06. The first-order valence-electron chi connectivity index (χ1n) is 6.75. The van der Waals surface area contributed by atoms with Crippen LogP contribution in [0.2, 0.25) is 0 Å². The summed E-state index contributed by atoms with van der Waals surface area (Å²) in [5.74, 6) is -3.93. The zero-order chi connectivity index (χ0) is 16.6. The molecule has 1 rings (SSSR count). The van der Waals surface area contributed by atoms with Gasteiger partial charge in [-0.25, -0.2) is 4.79 Å². The smallest absolute Gasteiger partial charge is 0.336 e. The minimum atomic E-state index is -2.59. The maximum Gasteiger partial charge on any atom is 0.336 e. The number of aromatic nitrogens is 2. The fraction of sp³-hybridized carbons (Fsp3) is 0.538. The molecule has 0 saturated carbocycles.